The summed E-state index contributed by atoms with van der Waals surface area (Å²) in [5.74, 6) is 0.773. The van der Waals surface area contributed by atoms with E-state index in [-0.39, 0.29) is 11.8 Å². The van der Waals surface area contributed by atoms with Crippen molar-refractivity contribution < 1.29 is 9.53 Å². The quantitative estimate of drug-likeness (QED) is 0.825. The Morgan fingerprint density at radius 1 is 1.17 bits per heavy atom. The molecule has 1 saturated heterocycles. The lowest BCUT2D eigenvalue weighted by Crippen LogP contribution is -2.40. The minimum Gasteiger partial charge on any atom is -0.381 e. The first-order valence-electron chi connectivity index (χ1n) is 7.24. The number of rotatable bonds is 4. The fourth-order valence-corrected chi connectivity index (χ4v) is 3.31. The van der Waals surface area contributed by atoms with Gasteiger partial charge >= 0.3 is 0 Å². The van der Waals surface area contributed by atoms with Gasteiger partial charge in [0.1, 0.15) is 0 Å². The number of ether oxygens (including phenoxy) is 1. The molecule has 0 unspecified atom stereocenters. The van der Waals surface area contributed by atoms with E-state index in [2.05, 4.69) is 11.9 Å². The highest BCUT2D eigenvalue weighted by atomic mass is 16.5. The average molecular weight is 254 g/mol. The lowest BCUT2D eigenvalue weighted by atomic mass is 9.81. The lowest BCUT2D eigenvalue weighted by Gasteiger charge is -2.35. The molecule has 0 bridgehead atoms. The highest BCUT2D eigenvalue weighted by molar-refractivity contribution is 5.76. The van der Waals surface area contributed by atoms with Crippen molar-refractivity contribution in [1.82, 2.24) is 4.90 Å². The molecule has 2 fully saturated rings. The van der Waals surface area contributed by atoms with Crippen LogP contribution in [0.3, 0.4) is 0 Å². The van der Waals surface area contributed by atoms with Gasteiger partial charge in [0.2, 0.25) is 5.91 Å². The first-order chi connectivity index (χ1) is 8.66. The topological polar surface area (TPSA) is 55.6 Å². The lowest BCUT2D eigenvalue weighted by molar-refractivity contribution is -0.123. The van der Waals surface area contributed by atoms with Gasteiger partial charge in [-0.1, -0.05) is 0 Å². The van der Waals surface area contributed by atoms with Crippen LogP contribution in [0.5, 0.6) is 0 Å². The Labute approximate surface area is 110 Å². The van der Waals surface area contributed by atoms with Crippen LogP contribution in [-0.4, -0.2) is 43.7 Å². The molecule has 2 N–H and O–H groups in total. The van der Waals surface area contributed by atoms with Gasteiger partial charge in [0.15, 0.2) is 0 Å². The zero-order valence-electron chi connectivity index (χ0n) is 11.4. The maximum atomic E-state index is 11.1. The second kappa shape index (κ2) is 6.53. The van der Waals surface area contributed by atoms with Crippen molar-refractivity contribution in [1.29, 1.82) is 0 Å². The summed E-state index contributed by atoms with van der Waals surface area (Å²) in [6.45, 7) is 2.98. The number of amides is 1. The Morgan fingerprint density at radius 3 is 2.33 bits per heavy atom. The van der Waals surface area contributed by atoms with Crippen molar-refractivity contribution >= 4 is 5.91 Å². The molecule has 0 aromatic heterocycles. The van der Waals surface area contributed by atoms with Gasteiger partial charge in [-0.25, -0.2) is 0 Å². The SMILES string of the molecule is CN(CC1CCC(C(N)=O)CC1)C1CCOCC1. The largest absolute Gasteiger partial charge is 0.381 e. The summed E-state index contributed by atoms with van der Waals surface area (Å²) < 4.78 is 5.40. The molecule has 0 aromatic carbocycles. The van der Waals surface area contributed by atoms with E-state index in [1.165, 1.54) is 0 Å². The zero-order chi connectivity index (χ0) is 13.0. The van der Waals surface area contributed by atoms with Gasteiger partial charge in [0, 0.05) is 31.7 Å². The monoisotopic (exact) mass is 254 g/mol. The fourth-order valence-electron chi connectivity index (χ4n) is 3.31. The minimum atomic E-state index is -0.105. The Kier molecular flexibility index (Phi) is 5.01. The molecule has 0 spiro atoms. The van der Waals surface area contributed by atoms with E-state index >= 15 is 0 Å². The molecular weight excluding hydrogens is 228 g/mol. The highest BCUT2D eigenvalue weighted by Crippen LogP contribution is 2.29. The summed E-state index contributed by atoms with van der Waals surface area (Å²) in [4.78, 5) is 13.6. The summed E-state index contributed by atoms with van der Waals surface area (Å²) in [6.07, 6.45) is 6.60. The summed E-state index contributed by atoms with van der Waals surface area (Å²) in [5, 5.41) is 0. The molecule has 0 atom stereocenters. The molecule has 104 valence electrons. The van der Waals surface area contributed by atoms with E-state index in [4.69, 9.17) is 10.5 Å². The van der Waals surface area contributed by atoms with Crippen LogP contribution >= 0.6 is 0 Å². The van der Waals surface area contributed by atoms with E-state index in [1.54, 1.807) is 0 Å². The third kappa shape index (κ3) is 3.69. The molecule has 1 aliphatic heterocycles. The molecule has 2 rings (SSSR count). The summed E-state index contributed by atoms with van der Waals surface area (Å²) in [7, 11) is 2.23. The minimum absolute atomic E-state index is 0.105. The molecule has 1 aliphatic carbocycles. The standard InChI is InChI=1S/C14H26N2O2/c1-16(13-6-8-18-9-7-13)10-11-2-4-12(5-3-11)14(15)17/h11-13H,2-10H2,1H3,(H2,15,17). The van der Waals surface area contributed by atoms with E-state index in [0.29, 0.717) is 6.04 Å². The van der Waals surface area contributed by atoms with Gasteiger partial charge in [0.25, 0.3) is 0 Å². The Hall–Kier alpha value is -0.610. The van der Waals surface area contributed by atoms with Gasteiger partial charge in [0.05, 0.1) is 0 Å². The Bertz CT molecular complexity index is 269. The summed E-state index contributed by atoms with van der Waals surface area (Å²) in [5.41, 5.74) is 5.37. The molecule has 18 heavy (non-hydrogen) atoms. The molecule has 4 nitrogen and oxygen atoms in total. The van der Waals surface area contributed by atoms with E-state index in [9.17, 15) is 4.79 Å². The van der Waals surface area contributed by atoms with Crippen molar-refractivity contribution in [3.05, 3.63) is 0 Å². The fraction of sp³-hybridized carbons (Fsp3) is 0.929. The normalized spacial score (nSPS) is 30.6. The number of primary amides is 1. The van der Waals surface area contributed by atoms with Crippen molar-refractivity contribution in [3.8, 4) is 0 Å². The van der Waals surface area contributed by atoms with Crippen LogP contribution in [0.15, 0.2) is 0 Å². The van der Waals surface area contributed by atoms with Gasteiger partial charge in [-0.2, -0.15) is 0 Å². The highest BCUT2D eigenvalue weighted by Gasteiger charge is 2.27. The number of hydrogen-bond acceptors (Lipinski definition) is 3. The molecule has 4 heteroatoms. The van der Waals surface area contributed by atoms with Crippen molar-refractivity contribution in [2.75, 3.05) is 26.8 Å². The van der Waals surface area contributed by atoms with Crippen LogP contribution in [0.25, 0.3) is 0 Å². The molecular formula is C14H26N2O2. The molecule has 1 amide bonds. The second-order valence-corrected chi connectivity index (χ2v) is 5.90. The predicted molar refractivity (Wildman–Crippen MR) is 71.1 cm³/mol. The third-order valence-corrected chi connectivity index (χ3v) is 4.61. The third-order valence-electron chi connectivity index (χ3n) is 4.61. The Balaban J connectivity index is 1.71. The number of carbonyl (C=O) groups excluding carboxylic acids is 1. The van der Waals surface area contributed by atoms with Crippen LogP contribution in [0.2, 0.25) is 0 Å². The smallest absolute Gasteiger partial charge is 0.220 e. The van der Waals surface area contributed by atoms with E-state index in [0.717, 1.165) is 64.2 Å². The maximum Gasteiger partial charge on any atom is 0.220 e. The Morgan fingerprint density at radius 2 is 1.78 bits per heavy atom. The number of hydrogen-bond donors (Lipinski definition) is 1. The molecule has 2 aliphatic rings. The van der Waals surface area contributed by atoms with Crippen LogP contribution < -0.4 is 5.73 Å². The van der Waals surface area contributed by atoms with Crippen LogP contribution in [-0.2, 0) is 9.53 Å². The summed E-state index contributed by atoms with van der Waals surface area (Å²) in [6, 6.07) is 0.688. The number of nitrogens with two attached hydrogens (primary N) is 1. The molecule has 1 saturated carbocycles. The van der Waals surface area contributed by atoms with Crippen LogP contribution in [0.4, 0.5) is 0 Å². The van der Waals surface area contributed by atoms with Gasteiger partial charge in [-0.05, 0) is 51.5 Å². The van der Waals surface area contributed by atoms with Crippen molar-refractivity contribution in [3.63, 3.8) is 0 Å². The van der Waals surface area contributed by atoms with Crippen LogP contribution in [0, 0.1) is 11.8 Å². The average Bonchev–Trinajstić information content (AvgIpc) is 2.40. The molecule has 1 heterocycles. The van der Waals surface area contributed by atoms with Gasteiger partial charge < -0.3 is 15.4 Å². The summed E-state index contributed by atoms with van der Waals surface area (Å²) >= 11 is 0. The second-order valence-electron chi connectivity index (χ2n) is 5.90. The zero-order valence-corrected chi connectivity index (χ0v) is 11.4. The molecule has 0 aromatic rings. The first kappa shape index (κ1) is 13.8. The van der Waals surface area contributed by atoms with E-state index < -0.39 is 0 Å². The van der Waals surface area contributed by atoms with Gasteiger partial charge in [-0.15, -0.1) is 0 Å². The van der Waals surface area contributed by atoms with Crippen LogP contribution in [0.1, 0.15) is 38.5 Å². The van der Waals surface area contributed by atoms with E-state index in [1.807, 2.05) is 0 Å². The first-order valence-corrected chi connectivity index (χ1v) is 7.24. The predicted octanol–water partition coefficient (Wildman–Crippen LogP) is 1.39. The maximum absolute atomic E-state index is 11.1. The number of nitrogens with zero attached hydrogens (tertiary/aromatic N) is 1. The number of carbonyl (C=O) groups is 1. The van der Waals surface area contributed by atoms with Crippen molar-refractivity contribution in [2.45, 2.75) is 44.6 Å². The van der Waals surface area contributed by atoms with Crippen molar-refractivity contribution in [2.24, 2.45) is 17.6 Å². The van der Waals surface area contributed by atoms with Gasteiger partial charge in [-0.3, -0.25) is 4.79 Å². The molecule has 0 radical (unpaired) electrons.